The van der Waals surface area contributed by atoms with Gasteiger partial charge < -0.3 is 9.64 Å². The minimum Gasteiger partial charge on any atom is -0.381 e. The van der Waals surface area contributed by atoms with Crippen molar-refractivity contribution in [1.29, 1.82) is 0 Å². The van der Waals surface area contributed by atoms with Crippen LogP contribution in [0.3, 0.4) is 0 Å². The molecule has 6 heteroatoms. The first-order chi connectivity index (χ1) is 11.8. The van der Waals surface area contributed by atoms with Crippen LogP contribution >= 0.6 is 0 Å². The highest BCUT2D eigenvalue weighted by Gasteiger charge is 2.44. The summed E-state index contributed by atoms with van der Waals surface area (Å²) in [5, 5.41) is 0. The number of nitrogens with zero attached hydrogens (tertiary/aromatic N) is 4. The maximum Gasteiger partial charge on any atom is 0.274 e. The van der Waals surface area contributed by atoms with Gasteiger partial charge in [0.25, 0.3) is 5.91 Å². The zero-order valence-electron chi connectivity index (χ0n) is 14.2. The summed E-state index contributed by atoms with van der Waals surface area (Å²) >= 11 is 0. The van der Waals surface area contributed by atoms with Crippen LogP contribution in [0.25, 0.3) is 0 Å². The molecule has 24 heavy (non-hydrogen) atoms. The quantitative estimate of drug-likeness (QED) is 0.824. The second-order valence-corrected chi connectivity index (χ2v) is 7.48. The van der Waals surface area contributed by atoms with Crippen molar-refractivity contribution in [3.8, 4) is 0 Å². The highest BCUT2D eigenvalue weighted by molar-refractivity contribution is 5.92. The van der Waals surface area contributed by atoms with Crippen molar-refractivity contribution in [3.63, 3.8) is 0 Å². The van der Waals surface area contributed by atoms with Gasteiger partial charge in [-0.2, -0.15) is 0 Å². The monoisotopic (exact) mass is 330 g/mol. The van der Waals surface area contributed by atoms with Gasteiger partial charge in [0.1, 0.15) is 5.69 Å². The van der Waals surface area contributed by atoms with Crippen LogP contribution in [0.4, 0.5) is 0 Å². The minimum absolute atomic E-state index is 0.0340. The van der Waals surface area contributed by atoms with Crippen molar-refractivity contribution in [1.82, 2.24) is 19.8 Å². The lowest BCUT2D eigenvalue weighted by molar-refractivity contribution is 0.0295. The highest BCUT2D eigenvalue weighted by Crippen LogP contribution is 2.40. The lowest BCUT2D eigenvalue weighted by atomic mass is 9.79. The Hall–Kier alpha value is -1.53. The fraction of sp³-hybridized carbons (Fsp3) is 0.722. The van der Waals surface area contributed by atoms with Crippen LogP contribution in [0.15, 0.2) is 18.6 Å². The van der Waals surface area contributed by atoms with Gasteiger partial charge in [0.15, 0.2) is 0 Å². The predicted octanol–water partition coefficient (Wildman–Crippen LogP) is 1.58. The Morgan fingerprint density at radius 3 is 2.83 bits per heavy atom. The molecule has 1 spiro atoms. The predicted molar refractivity (Wildman–Crippen MR) is 89.6 cm³/mol. The van der Waals surface area contributed by atoms with E-state index in [0.717, 1.165) is 58.7 Å². The summed E-state index contributed by atoms with van der Waals surface area (Å²) in [6.45, 7) is 5.78. The smallest absolute Gasteiger partial charge is 0.274 e. The summed E-state index contributed by atoms with van der Waals surface area (Å²) in [4.78, 5) is 25.6. The average Bonchev–Trinajstić information content (AvgIpc) is 3.06. The van der Waals surface area contributed by atoms with Gasteiger partial charge in [-0.3, -0.25) is 14.7 Å². The highest BCUT2D eigenvalue weighted by atomic mass is 16.5. The number of aromatic nitrogens is 2. The summed E-state index contributed by atoms with van der Waals surface area (Å²) < 4.78 is 5.50. The minimum atomic E-state index is 0.0340. The van der Waals surface area contributed by atoms with Crippen LogP contribution in [0.1, 0.15) is 42.6 Å². The van der Waals surface area contributed by atoms with Crippen molar-refractivity contribution in [3.05, 3.63) is 24.3 Å². The van der Waals surface area contributed by atoms with Gasteiger partial charge in [0.2, 0.25) is 0 Å². The fourth-order valence-corrected chi connectivity index (χ4v) is 4.62. The maximum atomic E-state index is 12.7. The van der Waals surface area contributed by atoms with Crippen molar-refractivity contribution in [2.75, 3.05) is 39.4 Å². The molecular weight excluding hydrogens is 304 g/mol. The molecule has 1 amide bonds. The molecule has 0 aromatic carbocycles. The van der Waals surface area contributed by atoms with Crippen LogP contribution < -0.4 is 0 Å². The van der Waals surface area contributed by atoms with Gasteiger partial charge in [-0.15, -0.1) is 0 Å². The van der Waals surface area contributed by atoms with E-state index >= 15 is 0 Å². The first-order valence-electron chi connectivity index (χ1n) is 9.13. The Morgan fingerprint density at radius 1 is 1.17 bits per heavy atom. The molecule has 0 radical (unpaired) electrons. The van der Waals surface area contributed by atoms with Gasteiger partial charge in [-0.05, 0) is 38.6 Å². The third kappa shape index (κ3) is 3.17. The summed E-state index contributed by atoms with van der Waals surface area (Å²) in [7, 11) is 0. The van der Waals surface area contributed by atoms with Gasteiger partial charge in [-0.1, -0.05) is 0 Å². The fourth-order valence-electron chi connectivity index (χ4n) is 4.62. The molecule has 0 bridgehead atoms. The van der Waals surface area contributed by atoms with Crippen LogP contribution in [0, 0.1) is 5.41 Å². The second kappa shape index (κ2) is 6.76. The Morgan fingerprint density at radius 2 is 2.04 bits per heavy atom. The topological polar surface area (TPSA) is 58.6 Å². The van der Waals surface area contributed by atoms with Gasteiger partial charge in [0.05, 0.1) is 6.20 Å². The summed E-state index contributed by atoms with van der Waals surface area (Å²) in [6, 6.07) is 0.671. The molecule has 3 fully saturated rings. The van der Waals surface area contributed by atoms with Crippen molar-refractivity contribution >= 4 is 5.91 Å². The molecule has 3 aliphatic rings. The lowest BCUT2D eigenvalue weighted by Crippen LogP contribution is -2.48. The number of carbonyl (C=O) groups is 1. The van der Waals surface area contributed by atoms with E-state index in [2.05, 4.69) is 14.9 Å². The van der Waals surface area contributed by atoms with Crippen molar-refractivity contribution < 1.29 is 9.53 Å². The third-order valence-electron chi connectivity index (χ3n) is 5.91. The molecular formula is C18H26N4O2. The molecule has 1 aromatic heterocycles. The van der Waals surface area contributed by atoms with Gasteiger partial charge in [-0.25, -0.2) is 4.98 Å². The molecule has 6 nitrogen and oxygen atoms in total. The number of amides is 1. The summed E-state index contributed by atoms with van der Waals surface area (Å²) in [6.07, 6.45) is 10.6. The number of hydrogen-bond donors (Lipinski definition) is 0. The molecule has 130 valence electrons. The Kier molecular flexibility index (Phi) is 4.50. The molecule has 4 rings (SSSR count). The molecule has 4 heterocycles. The van der Waals surface area contributed by atoms with E-state index in [1.165, 1.54) is 12.8 Å². The number of ether oxygens (including phenoxy) is 1. The largest absolute Gasteiger partial charge is 0.381 e. The average molecular weight is 330 g/mol. The van der Waals surface area contributed by atoms with E-state index in [9.17, 15) is 4.79 Å². The van der Waals surface area contributed by atoms with E-state index in [4.69, 9.17) is 4.74 Å². The first-order valence-corrected chi connectivity index (χ1v) is 9.13. The molecule has 3 aliphatic heterocycles. The number of piperidine rings is 1. The molecule has 1 atom stereocenters. The number of rotatable bonds is 2. The second-order valence-electron chi connectivity index (χ2n) is 7.48. The van der Waals surface area contributed by atoms with E-state index < -0.39 is 0 Å². The van der Waals surface area contributed by atoms with Crippen LogP contribution in [0.2, 0.25) is 0 Å². The van der Waals surface area contributed by atoms with Gasteiger partial charge >= 0.3 is 0 Å². The zero-order valence-corrected chi connectivity index (χ0v) is 14.2. The third-order valence-corrected chi connectivity index (χ3v) is 5.91. The Labute approximate surface area is 143 Å². The van der Waals surface area contributed by atoms with Crippen LogP contribution in [-0.2, 0) is 4.74 Å². The van der Waals surface area contributed by atoms with E-state index in [1.807, 2.05) is 4.90 Å². The van der Waals surface area contributed by atoms with E-state index in [1.54, 1.807) is 18.6 Å². The first kappa shape index (κ1) is 16.0. The van der Waals surface area contributed by atoms with Crippen LogP contribution in [0.5, 0.6) is 0 Å². The maximum absolute atomic E-state index is 12.7. The summed E-state index contributed by atoms with van der Waals surface area (Å²) in [5.41, 5.74) is 0.739. The van der Waals surface area contributed by atoms with Gasteiger partial charge in [0, 0.05) is 56.7 Å². The number of likely N-dealkylation sites (tertiary alicyclic amines) is 2. The standard InChI is InChI=1S/C18H26N4O2/c23-17(16-12-19-6-7-20-16)22-8-1-4-18(14-22)5-9-21(13-18)15-2-10-24-11-3-15/h6-7,12,15H,1-5,8-11,13-14H2. The van der Waals surface area contributed by atoms with Crippen LogP contribution in [-0.4, -0.2) is 71.1 Å². The van der Waals surface area contributed by atoms with E-state index in [0.29, 0.717) is 11.7 Å². The summed E-state index contributed by atoms with van der Waals surface area (Å²) in [5.74, 6) is 0.0340. The SMILES string of the molecule is O=C(c1cnccn1)N1CCCC2(CCN(C3CCOCC3)C2)C1. The molecule has 1 unspecified atom stereocenters. The zero-order chi connectivity index (χ0) is 16.4. The van der Waals surface area contributed by atoms with Crippen molar-refractivity contribution in [2.24, 2.45) is 5.41 Å². The van der Waals surface area contributed by atoms with Crippen molar-refractivity contribution in [2.45, 2.75) is 38.1 Å². The molecule has 0 saturated carbocycles. The Bertz CT molecular complexity index is 576. The normalized spacial score (nSPS) is 29.2. The molecule has 0 N–H and O–H groups in total. The number of hydrogen-bond acceptors (Lipinski definition) is 5. The molecule has 3 saturated heterocycles. The lowest BCUT2D eigenvalue weighted by Gasteiger charge is -2.41. The molecule has 1 aromatic rings. The number of carbonyl (C=O) groups excluding carboxylic acids is 1. The Balaban J connectivity index is 1.42. The van der Waals surface area contributed by atoms with E-state index in [-0.39, 0.29) is 11.3 Å². The molecule has 0 aliphatic carbocycles.